The lowest BCUT2D eigenvalue weighted by molar-refractivity contribution is 0.242. The van der Waals surface area contributed by atoms with E-state index in [0.717, 1.165) is 23.4 Å². The van der Waals surface area contributed by atoms with Gasteiger partial charge in [0.05, 0.1) is 11.8 Å². The van der Waals surface area contributed by atoms with Gasteiger partial charge in [-0.3, -0.25) is 4.79 Å². The number of benzene rings is 1. The summed E-state index contributed by atoms with van der Waals surface area (Å²) in [6.07, 6.45) is 0.935. The molecule has 23 heavy (non-hydrogen) atoms. The fourth-order valence-electron chi connectivity index (χ4n) is 2.47. The van der Waals surface area contributed by atoms with Crippen LogP contribution in [0.1, 0.15) is 45.7 Å². The van der Waals surface area contributed by atoms with Gasteiger partial charge in [-0.05, 0) is 69.2 Å². The van der Waals surface area contributed by atoms with Crippen molar-refractivity contribution in [2.75, 3.05) is 0 Å². The van der Waals surface area contributed by atoms with Gasteiger partial charge in [0.1, 0.15) is 17.4 Å². The van der Waals surface area contributed by atoms with E-state index in [2.05, 4.69) is 0 Å². The summed E-state index contributed by atoms with van der Waals surface area (Å²) >= 11 is 0. The zero-order valence-corrected chi connectivity index (χ0v) is 14.0. The summed E-state index contributed by atoms with van der Waals surface area (Å²) in [7, 11) is 0. The quantitative estimate of drug-likeness (QED) is 0.833. The molecule has 0 bridgehead atoms. The normalized spacial score (nSPS) is 12.0. The van der Waals surface area contributed by atoms with Crippen LogP contribution in [0, 0.1) is 11.3 Å². The van der Waals surface area contributed by atoms with Crippen molar-refractivity contribution >= 4 is 0 Å². The first-order chi connectivity index (χ1) is 11.0. The summed E-state index contributed by atoms with van der Waals surface area (Å²) in [4.78, 5) is 12.5. The molecule has 1 atom stereocenters. The molecule has 1 aromatic heterocycles. The van der Waals surface area contributed by atoms with Crippen LogP contribution in [0.4, 0.5) is 0 Å². The van der Waals surface area contributed by atoms with Crippen LogP contribution >= 0.6 is 0 Å². The Morgan fingerprint density at radius 3 is 2.30 bits per heavy atom. The molecular formula is C19H22N2O2. The van der Waals surface area contributed by atoms with Gasteiger partial charge in [-0.1, -0.05) is 6.92 Å². The topological polar surface area (TPSA) is 55.0 Å². The second kappa shape index (κ2) is 7.15. The third-order valence-corrected chi connectivity index (χ3v) is 3.79. The average Bonchev–Trinajstić information content (AvgIpc) is 2.54. The lowest BCUT2D eigenvalue weighted by atomic mass is 10.1. The number of hydrogen-bond acceptors (Lipinski definition) is 3. The Kier molecular flexibility index (Phi) is 5.23. The van der Waals surface area contributed by atoms with Crippen LogP contribution in [0.15, 0.2) is 41.2 Å². The summed E-state index contributed by atoms with van der Waals surface area (Å²) in [5.74, 6) is 0.801. The molecule has 1 unspecified atom stereocenters. The number of nitriles is 1. The van der Waals surface area contributed by atoms with Gasteiger partial charge in [-0.15, -0.1) is 0 Å². The number of pyridine rings is 1. The van der Waals surface area contributed by atoms with Crippen LogP contribution < -0.4 is 10.3 Å². The van der Waals surface area contributed by atoms with Crippen molar-refractivity contribution in [3.05, 3.63) is 52.3 Å². The zero-order valence-electron chi connectivity index (χ0n) is 14.0. The van der Waals surface area contributed by atoms with Crippen molar-refractivity contribution in [1.29, 1.82) is 5.26 Å². The molecule has 2 rings (SSSR count). The van der Waals surface area contributed by atoms with Crippen molar-refractivity contribution in [2.45, 2.75) is 46.3 Å². The Hall–Kier alpha value is -2.54. The molecule has 0 radical (unpaired) electrons. The zero-order chi connectivity index (χ0) is 17.0. The number of hydrogen-bond donors (Lipinski definition) is 0. The summed E-state index contributed by atoms with van der Waals surface area (Å²) in [5, 5.41) is 9.10. The molecule has 4 heteroatoms. The summed E-state index contributed by atoms with van der Waals surface area (Å²) in [6.45, 7) is 7.98. The molecule has 120 valence electrons. The Labute approximate surface area is 137 Å². The highest BCUT2D eigenvalue weighted by atomic mass is 16.5. The monoisotopic (exact) mass is 310 g/mol. The molecule has 0 spiro atoms. The van der Waals surface area contributed by atoms with Gasteiger partial charge in [0, 0.05) is 6.04 Å². The maximum absolute atomic E-state index is 12.5. The molecule has 0 fully saturated rings. The maximum Gasteiger partial charge on any atom is 0.269 e. The molecule has 1 aromatic carbocycles. The molecule has 0 amide bonds. The molecule has 0 aliphatic carbocycles. The molecule has 0 saturated heterocycles. The Balaban J connectivity index is 2.53. The number of ether oxygens (including phenoxy) is 1. The first-order valence-electron chi connectivity index (χ1n) is 7.90. The van der Waals surface area contributed by atoms with Crippen molar-refractivity contribution < 1.29 is 4.74 Å². The fourth-order valence-corrected chi connectivity index (χ4v) is 2.47. The molecule has 1 heterocycles. The van der Waals surface area contributed by atoms with Crippen molar-refractivity contribution in [3.8, 4) is 23.1 Å². The number of aromatic nitrogens is 1. The van der Waals surface area contributed by atoms with E-state index in [4.69, 9.17) is 10.00 Å². The van der Waals surface area contributed by atoms with E-state index in [0.29, 0.717) is 0 Å². The van der Waals surface area contributed by atoms with E-state index in [-0.39, 0.29) is 23.3 Å². The third kappa shape index (κ3) is 3.62. The lowest BCUT2D eigenvalue weighted by Gasteiger charge is -2.19. The van der Waals surface area contributed by atoms with E-state index in [1.165, 1.54) is 0 Å². The third-order valence-electron chi connectivity index (χ3n) is 3.79. The van der Waals surface area contributed by atoms with Gasteiger partial charge in [-0.2, -0.15) is 5.26 Å². The van der Waals surface area contributed by atoms with Crippen LogP contribution in [0.5, 0.6) is 5.75 Å². The predicted molar refractivity (Wildman–Crippen MR) is 91.6 cm³/mol. The second-order valence-electron chi connectivity index (χ2n) is 5.87. The minimum absolute atomic E-state index is 0.0254. The van der Waals surface area contributed by atoms with Crippen molar-refractivity contribution in [1.82, 2.24) is 4.57 Å². The molecule has 4 nitrogen and oxygen atoms in total. The lowest BCUT2D eigenvalue weighted by Crippen LogP contribution is -2.26. The summed E-state index contributed by atoms with van der Waals surface area (Å²) in [6, 6.07) is 13.1. The molecule has 0 aliphatic heterocycles. The number of rotatable bonds is 5. The average molecular weight is 310 g/mol. The highest BCUT2D eigenvalue weighted by molar-refractivity contribution is 5.61. The van der Waals surface area contributed by atoms with Crippen LogP contribution in [0.25, 0.3) is 11.3 Å². The van der Waals surface area contributed by atoms with E-state index >= 15 is 0 Å². The van der Waals surface area contributed by atoms with E-state index in [1.807, 2.05) is 64.1 Å². The predicted octanol–water partition coefficient (Wildman–Crippen LogP) is 4.15. The second-order valence-corrected chi connectivity index (χ2v) is 5.87. The van der Waals surface area contributed by atoms with Crippen LogP contribution in [0.3, 0.4) is 0 Å². The minimum atomic E-state index is -0.234. The molecular weight excluding hydrogens is 288 g/mol. The van der Waals surface area contributed by atoms with Gasteiger partial charge in [-0.25, -0.2) is 0 Å². The highest BCUT2D eigenvalue weighted by Gasteiger charge is 2.14. The Bertz CT molecular complexity index is 767. The first-order valence-corrected chi connectivity index (χ1v) is 7.90. The highest BCUT2D eigenvalue weighted by Crippen LogP contribution is 2.25. The summed E-state index contributed by atoms with van der Waals surface area (Å²) < 4.78 is 7.36. The van der Waals surface area contributed by atoms with Gasteiger partial charge < -0.3 is 9.30 Å². The van der Waals surface area contributed by atoms with Crippen LogP contribution in [-0.4, -0.2) is 10.7 Å². The molecule has 0 aliphatic rings. The summed E-state index contributed by atoms with van der Waals surface area (Å²) in [5.41, 5.74) is 1.69. The Morgan fingerprint density at radius 2 is 1.78 bits per heavy atom. The first kappa shape index (κ1) is 16.8. The SMILES string of the molecule is CCC(C)n1c(-c2ccc(OC(C)C)cc2)ccc(C#N)c1=O. The largest absolute Gasteiger partial charge is 0.491 e. The molecule has 0 saturated carbocycles. The standard InChI is InChI=1S/C19H22N2O2/c1-5-14(4)21-18(11-8-16(12-20)19(21)22)15-6-9-17(10-7-15)23-13(2)3/h6-11,13-14H,5H2,1-4H3. The maximum atomic E-state index is 12.5. The molecule has 2 aromatic rings. The van der Waals surface area contributed by atoms with Crippen LogP contribution in [0.2, 0.25) is 0 Å². The van der Waals surface area contributed by atoms with Crippen molar-refractivity contribution in [3.63, 3.8) is 0 Å². The smallest absolute Gasteiger partial charge is 0.269 e. The van der Waals surface area contributed by atoms with E-state index in [1.54, 1.807) is 10.6 Å². The van der Waals surface area contributed by atoms with E-state index in [9.17, 15) is 4.79 Å². The van der Waals surface area contributed by atoms with E-state index < -0.39 is 0 Å². The van der Waals surface area contributed by atoms with Crippen molar-refractivity contribution in [2.24, 2.45) is 0 Å². The van der Waals surface area contributed by atoms with Gasteiger partial charge in [0.15, 0.2) is 0 Å². The van der Waals surface area contributed by atoms with Gasteiger partial charge in [0.25, 0.3) is 5.56 Å². The molecule has 0 N–H and O–H groups in total. The van der Waals surface area contributed by atoms with Gasteiger partial charge in [0.2, 0.25) is 0 Å². The number of nitrogens with zero attached hydrogens (tertiary/aromatic N) is 2. The minimum Gasteiger partial charge on any atom is -0.491 e. The van der Waals surface area contributed by atoms with Gasteiger partial charge >= 0.3 is 0 Å². The fraction of sp³-hybridized carbons (Fsp3) is 0.368. The van der Waals surface area contributed by atoms with Crippen LogP contribution in [-0.2, 0) is 0 Å². The Morgan fingerprint density at radius 1 is 1.13 bits per heavy atom.